The fourth-order valence-corrected chi connectivity index (χ4v) is 1.77. The molecule has 0 saturated heterocycles. The van der Waals surface area contributed by atoms with E-state index in [1.165, 1.54) is 6.20 Å². The van der Waals surface area contributed by atoms with Crippen molar-refractivity contribution in [2.24, 2.45) is 0 Å². The molecule has 2 aromatic rings. The van der Waals surface area contributed by atoms with Crippen molar-refractivity contribution in [2.45, 2.75) is 6.92 Å². The van der Waals surface area contributed by atoms with Gasteiger partial charge >= 0.3 is 0 Å². The minimum absolute atomic E-state index is 0.289. The smallest absolute Gasteiger partial charge is 0.255 e. The minimum Gasteiger partial charge on any atom is -0.494 e. The highest BCUT2D eigenvalue weighted by molar-refractivity contribution is 6.29. The van der Waals surface area contributed by atoms with Crippen LogP contribution in [0.2, 0.25) is 5.15 Å². The van der Waals surface area contributed by atoms with Gasteiger partial charge < -0.3 is 15.8 Å². The summed E-state index contributed by atoms with van der Waals surface area (Å²) < 4.78 is 5.35. The van der Waals surface area contributed by atoms with Crippen molar-refractivity contribution in [3.63, 3.8) is 0 Å². The summed E-state index contributed by atoms with van der Waals surface area (Å²) in [5.74, 6) is 0.272. The normalized spacial score (nSPS) is 10.1. The molecule has 2 rings (SSSR count). The molecule has 6 heteroatoms. The number of rotatable bonds is 4. The highest BCUT2D eigenvalue weighted by Crippen LogP contribution is 2.20. The quantitative estimate of drug-likeness (QED) is 0.670. The molecule has 5 nitrogen and oxygen atoms in total. The molecule has 0 aliphatic heterocycles. The maximum atomic E-state index is 12.1. The molecule has 0 bridgehead atoms. The van der Waals surface area contributed by atoms with E-state index in [1.54, 1.807) is 30.3 Å². The number of amides is 1. The van der Waals surface area contributed by atoms with Crippen LogP contribution in [-0.4, -0.2) is 17.5 Å². The van der Waals surface area contributed by atoms with Crippen molar-refractivity contribution < 1.29 is 9.53 Å². The van der Waals surface area contributed by atoms with E-state index in [4.69, 9.17) is 22.1 Å². The van der Waals surface area contributed by atoms with E-state index in [9.17, 15) is 4.79 Å². The third-order valence-electron chi connectivity index (χ3n) is 2.49. The number of hydrogen-bond acceptors (Lipinski definition) is 4. The Balaban J connectivity index is 2.18. The standard InChI is InChI=1S/C14H14ClN3O2/c1-2-20-12-6-9(5-10(16)7-12)14(19)18-11-3-4-13(15)17-8-11/h3-8H,2,16H2,1H3,(H,18,19). The van der Waals surface area contributed by atoms with Crippen LogP contribution in [0.25, 0.3) is 0 Å². The van der Waals surface area contributed by atoms with E-state index >= 15 is 0 Å². The summed E-state index contributed by atoms with van der Waals surface area (Å²) in [7, 11) is 0. The van der Waals surface area contributed by atoms with E-state index in [2.05, 4.69) is 10.3 Å². The van der Waals surface area contributed by atoms with E-state index in [-0.39, 0.29) is 5.91 Å². The van der Waals surface area contributed by atoms with Crippen molar-refractivity contribution >= 4 is 28.9 Å². The van der Waals surface area contributed by atoms with E-state index in [1.807, 2.05) is 6.92 Å². The predicted octanol–water partition coefficient (Wildman–Crippen LogP) is 2.97. The lowest BCUT2D eigenvalue weighted by molar-refractivity contribution is 0.102. The zero-order valence-corrected chi connectivity index (χ0v) is 11.6. The number of pyridine rings is 1. The SMILES string of the molecule is CCOc1cc(N)cc(C(=O)Nc2ccc(Cl)nc2)c1. The monoisotopic (exact) mass is 291 g/mol. The van der Waals surface area contributed by atoms with Gasteiger partial charge in [-0.2, -0.15) is 0 Å². The Kier molecular flexibility index (Phi) is 4.42. The molecule has 1 amide bonds. The molecule has 3 N–H and O–H groups in total. The van der Waals surface area contributed by atoms with Crippen LogP contribution in [0, 0.1) is 0 Å². The summed E-state index contributed by atoms with van der Waals surface area (Å²) in [6.45, 7) is 2.37. The average molecular weight is 292 g/mol. The van der Waals surface area contributed by atoms with Gasteiger partial charge in [-0.05, 0) is 31.2 Å². The maximum Gasteiger partial charge on any atom is 0.255 e. The number of hydrogen-bond donors (Lipinski definition) is 2. The first-order valence-corrected chi connectivity index (χ1v) is 6.42. The second-order valence-corrected chi connectivity index (χ2v) is 4.43. The summed E-state index contributed by atoms with van der Waals surface area (Å²) >= 11 is 5.68. The molecule has 1 heterocycles. The number of nitrogens with one attached hydrogen (secondary N) is 1. The summed E-state index contributed by atoms with van der Waals surface area (Å²) in [5, 5.41) is 3.08. The number of nitrogens with two attached hydrogens (primary N) is 1. The van der Waals surface area contributed by atoms with Gasteiger partial charge in [0, 0.05) is 17.3 Å². The molecular formula is C14H14ClN3O2. The summed E-state index contributed by atoms with van der Waals surface area (Å²) in [6, 6.07) is 8.16. The number of nitrogens with zero attached hydrogens (tertiary/aromatic N) is 1. The van der Waals surface area contributed by atoms with Gasteiger partial charge in [-0.15, -0.1) is 0 Å². The highest BCUT2D eigenvalue weighted by Gasteiger charge is 2.09. The Morgan fingerprint density at radius 3 is 2.85 bits per heavy atom. The molecule has 0 spiro atoms. The third kappa shape index (κ3) is 3.61. The Bertz CT molecular complexity index is 614. The van der Waals surface area contributed by atoms with E-state index in [0.29, 0.717) is 34.4 Å². The van der Waals surface area contributed by atoms with E-state index < -0.39 is 0 Å². The lowest BCUT2D eigenvalue weighted by atomic mass is 10.1. The lowest BCUT2D eigenvalue weighted by Gasteiger charge is -2.09. The Morgan fingerprint density at radius 2 is 2.20 bits per heavy atom. The fourth-order valence-electron chi connectivity index (χ4n) is 1.66. The van der Waals surface area contributed by atoms with Crippen LogP contribution < -0.4 is 15.8 Å². The fraction of sp³-hybridized carbons (Fsp3) is 0.143. The van der Waals surface area contributed by atoms with Crippen LogP contribution in [0.3, 0.4) is 0 Å². The first-order valence-electron chi connectivity index (χ1n) is 6.04. The Morgan fingerprint density at radius 1 is 1.40 bits per heavy atom. The minimum atomic E-state index is -0.289. The van der Waals surface area contributed by atoms with Crippen LogP contribution >= 0.6 is 11.6 Å². The topological polar surface area (TPSA) is 77.2 Å². The number of aromatic nitrogens is 1. The molecular weight excluding hydrogens is 278 g/mol. The molecule has 1 aromatic carbocycles. The number of carbonyl (C=O) groups excluding carboxylic acids is 1. The van der Waals surface area contributed by atoms with Crippen molar-refractivity contribution in [1.82, 2.24) is 4.98 Å². The highest BCUT2D eigenvalue weighted by atomic mass is 35.5. The molecule has 104 valence electrons. The Hall–Kier alpha value is -2.27. The van der Waals surface area contributed by atoms with Crippen molar-refractivity contribution in [2.75, 3.05) is 17.7 Å². The van der Waals surface area contributed by atoms with Gasteiger partial charge in [-0.3, -0.25) is 4.79 Å². The van der Waals surface area contributed by atoms with Crippen LogP contribution in [0.15, 0.2) is 36.5 Å². The maximum absolute atomic E-state index is 12.1. The van der Waals surface area contributed by atoms with E-state index in [0.717, 1.165) is 0 Å². The first-order chi connectivity index (χ1) is 9.58. The number of carbonyl (C=O) groups is 1. The van der Waals surface area contributed by atoms with Gasteiger partial charge in [0.25, 0.3) is 5.91 Å². The number of anilines is 2. The van der Waals surface area contributed by atoms with Gasteiger partial charge in [0.15, 0.2) is 0 Å². The first kappa shape index (κ1) is 14.1. The van der Waals surface area contributed by atoms with Crippen LogP contribution in [0.5, 0.6) is 5.75 Å². The summed E-state index contributed by atoms with van der Waals surface area (Å²) in [6.07, 6.45) is 1.48. The number of benzene rings is 1. The zero-order valence-electron chi connectivity index (χ0n) is 10.9. The molecule has 0 saturated carbocycles. The van der Waals surface area contributed by atoms with Crippen LogP contribution in [-0.2, 0) is 0 Å². The van der Waals surface area contributed by atoms with Gasteiger partial charge in [-0.1, -0.05) is 11.6 Å². The molecule has 0 radical (unpaired) electrons. The molecule has 0 aliphatic carbocycles. The van der Waals surface area contributed by atoms with Crippen LogP contribution in [0.4, 0.5) is 11.4 Å². The van der Waals surface area contributed by atoms with Crippen LogP contribution in [0.1, 0.15) is 17.3 Å². The molecule has 1 aromatic heterocycles. The lowest BCUT2D eigenvalue weighted by Crippen LogP contribution is -2.12. The molecule has 0 aliphatic rings. The average Bonchev–Trinajstić information content (AvgIpc) is 2.41. The molecule has 0 fully saturated rings. The summed E-state index contributed by atoms with van der Waals surface area (Å²) in [4.78, 5) is 16.0. The van der Waals surface area contributed by atoms with Gasteiger partial charge in [0.05, 0.1) is 18.5 Å². The summed E-state index contributed by atoms with van der Waals surface area (Å²) in [5.41, 5.74) is 7.19. The molecule has 0 atom stereocenters. The Labute approximate surface area is 121 Å². The predicted molar refractivity (Wildman–Crippen MR) is 79.2 cm³/mol. The number of ether oxygens (including phenoxy) is 1. The second kappa shape index (κ2) is 6.25. The van der Waals surface area contributed by atoms with Crippen molar-refractivity contribution in [3.05, 3.63) is 47.2 Å². The second-order valence-electron chi connectivity index (χ2n) is 4.05. The van der Waals surface area contributed by atoms with Gasteiger partial charge in [0.1, 0.15) is 10.9 Å². The third-order valence-corrected chi connectivity index (χ3v) is 2.71. The number of halogens is 1. The molecule has 0 unspecified atom stereocenters. The van der Waals surface area contributed by atoms with Gasteiger partial charge in [-0.25, -0.2) is 4.98 Å². The van der Waals surface area contributed by atoms with Crippen molar-refractivity contribution in [1.29, 1.82) is 0 Å². The zero-order chi connectivity index (χ0) is 14.5. The van der Waals surface area contributed by atoms with Crippen molar-refractivity contribution in [3.8, 4) is 5.75 Å². The van der Waals surface area contributed by atoms with Gasteiger partial charge in [0.2, 0.25) is 0 Å². The largest absolute Gasteiger partial charge is 0.494 e. The molecule has 20 heavy (non-hydrogen) atoms. The number of nitrogen functional groups attached to an aromatic ring is 1.